The van der Waals surface area contributed by atoms with Crippen LogP contribution in [-0.2, 0) is 52.2 Å². The summed E-state index contributed by atoms with van der Waals surface area (Å²) >= 11 is 0. The molecule has 14 nitrogen and oxygen atoms in total. The monoisotopic (exact) mass is 1160 g/mol. The first kappa shape index (κ1) is 77.9. The smallest absolute Gasteiger partial charge is 0.356 e. The molecular formula is C65H125O14P. The van der Waals surface area contributed by atoms with E-state index in [-0.39, 0.29) is 45.5 Å². The molecule has 15 heteroatoms. The number of carbonyl (C=O) groups is 4. The van der Waals surface area contributed by atoms with Crippen molar-refractivity contribution in [3.05, 3.63) is 0 Å². The Labute approximate surface area is 489 Å². The number of unbranched alkanes of at least 4 members (excludes halogenated alkanes) is 40. The molecule has 0 aliphatic carbocycles. The average molecular weight is 1160 g/mol. The van der Waals surface area contributed by atoms with Crippen molar-refractivity contribution < 1.29 is 67.1 Å². The molecule has 0 radical (unpaired) electrons. The summed E-state index contributed by atoms with van der Waals surface area (Å²) in [6.45, 7) is 6.69. The Kier molecular flexibility index (Phi) is 57.1. The number of rotatable bonds is 63. The lowest BCUT2D eigenvalue weighted by Crippen LogP contribution is -2.38. The summed E-state index contributed by atoms with van der Waals surface area (Å²) in [5, 5.41) is 11.1. The minimum absolute atomic E-state index is 0.123. The maximum absolute atomic E-state index is 13.1. The van der Waals surface area contributed by atoms with Gasteiger partial charge in [-0.15, -0.1) is 0 Å². The molecule has 0 rings (SSSR count). The van der Waals surface area contributed by atoms with E-state index in [4.69, 9.17) is 28.4 Å². The van der Waals surface area contributed by atoms with Crippen molar-refractivity contribution in [2.75, 3.05) is 33.0 Å². The average Bonchev–Trinajstić information content (AvgIpc) is 3.43. The second-order valence-electron chi connectivity index (χ2n) is 23.1. The van der Waals surface area contributed by atoms with E-state index < -0.39 is 68.8 Å². The van der Waals surface area contributed by atoms with E-state index in [2.05, 4.69) is 27.7 Å². The van der Waals surface area contributed by atoms with E-state index in [0.717, 1.165) is 77.0 Å². The number of esters is 4. The topological polar surface area (TPSA) is 201 Å². The zero-order chi connectivity index (χ0) is 58.8. The van der Waals surface area contributed by atoms with E-state index in [1.807, 2.05) is 0 Å². The molecule has 0 aromatic heterocycles. The van der Waals surface area contributed by atoms with E-state index in [0.29, 0.717) is 25.7 Å². The fourth-order valence-electron chi connectivity index (χ4n) is 10.0. The van der Waals surface area contributed by atoms with Crippen LogP contribution in [0.1, 0.15) is 336 Å². The fourth-order valence-corrected chi connectivity index (χ4v) is 10.8. The predicted octanol–water partition coefficient (Wildman–Crippen LogP) is 17.6. The molecule has 0 heterocycles. The maximum atomic E-state index is 13.1. The first-order valence-electron chi connectivity index (χ1n) is 33.5. The van der Waals surface area contributed by atoms with Gasteiger partial charge in [0.25, 0.3) is 0 Å². The van der Waals surface area contributed by atoms with Crippen molar-refractivity contribution in [3.8, 4) is 0 Å². The van der Waals surface area contributed by atoms with E-state index in [9.17, 15) is 38.6 Å². The number of carbonyl (C=O) groups excluding carboxylic acids is 4. The predicted molar refractivity (Wildman–Crippen MR) is 325 cm³/mol. The van der Waals surface area contributed by atoms with Crippen molar-refractivity contribution in [3.63, 3.8) is 0 Å². The van der Waals surface area contributed by atoms with Gasteiger partial charge in [-0.25, -0.2) is 0 Å². The highest BCUT2D eigenvalue weighted by Gasteiger charge is 2.38. The van der Waals surface area contributed by atoms with Crippen LogP contribution >= 0.6 is 7.60 Å². The van der Waals surface area contributed by atoms with Crippen LogP contribution in [0.25, 0.3) is 0 Å². The molecule has 3 N–H and O–H groups in total. The second-order valence-corrected chi connectivity index (χ2v) is 24.8. The summed E-state index contributed by atoms with van der Waals surface area (Å²) in [4.78, 5) is 72.5. The SMILES string of the molecule is CCCCCCCCCCCCCC(=O)OC[C@H](COC(C(O)COC[C@@H](COC(=O)CCCCCCCCCCCCC)OC(=O)CCCCCCCCCCCCC)P(=O)(O)O)OC(=O)CCCCCCCCCCCCC. The number of aliphatic hydroxyl groups excluding tert-OH is 1. The van der Waals surface area contributed by atoms with Crippen molar-refractivity contribution in [2.45, 2.75) is 360 Å². The molecule has 0 aliphatic rings. The maximum Gasteiger partial charge on any atom is 0.356 e. The summed E-state index contributed by atoms with van der Waals surface area (Å²) in [5.74, 6) is -4.00. The molecule has 0 bridgehead atoms. The van der Waals surface area contributed by atoms with Gasteiger partial charge >= 0.3 is 31.5 Å². The first-order valence-corrected chi connectivity index (χ1v) is 35.2. The van der Waals surface area contributed by atoms with E-state index in [1.165, 1.54) is 180 Å². The minimum Gasteiger partial charge on any atom is -0.462 e. The number of hydrogen-bond donors (Lipinski definition) is 3. The third kappa shape index (κ3) is 53.9. The molecule has 0 amide bonds. The minimum atomic E-state index is -5.16. The number of ether oxygens (including phenoxy) is 6. The van der Waals surface area contributed by atoms with Crippen molar-refractivity contribution in [1.29, 1.82) is 0 Å². The third-order valence-electron chi connectivity index (χ3n) is 15.1. The molecule has 2 unspecified atom stereocenters. The Morgan fingerprint density at radius 3 is 0.825 bits per heavy atom. The highest BCUT2D eigenvalue weighted by Crippen LogP contribution is 2.44. The number of hydrogen-bond acceptors (Lipinski definition) is 12. The van der Waals surface area contributed by atoms with E-state index in [1.54, 1.807) is 0 Å². The van der Waals surface area contributed by atoms with Gasteiger partial charge in [0.15, 0.2) is 18.1 Å². The number of aliphatic hydroxyl groups is 1. The zero-order valence-corrected chi connectivity index (χ0v) is 53.0. The quantitative estimate of drug-likeness (QED) is 0.0225. The summed E-state index contributed by atoms with van der Waals surface area (Å²) in [6.07, 6.45) is 46.6. The second kappa shape index (κ2) is 58.7. The Balaban J connectivity index is 5.48. The molecule has 0 saturated heterocycles. The van der Waals surface area contributed by atoms with Crippen LogP contribution in [0.5, 0.6) is 0 Å². The van der Waals surface area contributed by atoms with Gasteiger partial charge in [-0.2, -0.15) is 0 Å². The Morgan fingerprint density at radius 1 is 0.325 bits per heavy atom. The molecule has 4 atom stereocenters. The fraction of sp³-hybridized carbons (Fsp3) is 0.938. The lowest BCUT2D eigenvalue weighted by atomic mass is 10.1. The largest absolute Gasteiger partial charge is 0.462 e. The Hall–Kier alpha value is -2.09. The highest BCUT2D eigenvalue weighted by molar-refractivity contribution is 7.52. The van der Waals surface area contributed by atoms with Crippen LogP contribution in [0.4, 0.5) is 0 Å². The standard InChI is InChI=1S/C65H125O14P/c1-5-9-13-17-21-25-29-33-37-41-45-49-61(67)75-54-58(78-63(69)51-47-43-39-35-31-27-23-19-15-11-7-3)53-74-57-60(66)65(80(71,72)73)77-56-59(79-64(70)52-48-44-40-36-32-28-24-20-16-12-8-4)55-76-62(68)50-46-42-38-34-30-26-22-18-14-10-6-2/h58-60,65-66H,5-57H2,1-4H3,(H2,71,72,73)/t58-,59+,60?,65?/m0/s1. The first-order chi connectivity index (χ1) is 38.9. The molecule has 0 fully saturated rings. The summed E-state index contributed by atoms with van der Waals surface area (Å²) in [6, 6.07) is 0. The third-order valence-corrected chi connectivity index (χ3v) is 16.3. The van der Waals surface area contributed by atoms with Crippen LogP contribution < -0.4 is 0 Å². The van der Waals surface area contributed by atoms with Gasteiger partial charge in [-0.1, -0.05) is 285 Å². The molecule has 0 aromatic carbocycles. The normalized spacial score (nSPS) is 13.2. The van der Waals surface area contributed by atoms with Gasteiger partial charge in [-0.3, -0.25) is 23.7 Å². The summed E-state index contributed by atoms with van der Waals surface area (Å²) < 4.78 is 46.6. The van der Waals surface area contributed by atoms with Crippen molar-refractivity contribution in [2.24, 2.45) is 0 Å². The Morgan fingerprint density at radius 2 is 0.562 bits per heavy atom. The van der Waals surface area contributed by atoms with Crippen LogP contribution in [0.15, 0.2) is 0 Å². The highest BCUT2D eigenvalue weighted by atomic mass is 31.2. The van der Waals surface area contributed by atoms with Gasteiger partial charge in [0.2, 0.25) is 0 Å². The van der Waals surface area contributed by atoms with Crippen molar-refractivity contribution in [1.82, 2.24) is 0 Å². The Bertz CT molecular complexity index is 1440. The lowest BCUT2D eigenvalue weighted by molar-refractivity contribution is -0.166. The van der Waals surface area contributed by atoms with Gasteiger partial charge in [0.1, 0.15) is 19.3 Å². The van der Waals surface area contributed by atoms with E-state index >= 15 is 0 Å². The van der Waals surface area contributed by atoms with Crippen LogP contribution in [0, 0.1) is 0 Å². The molecule has 474 valence electrons. The van der Waals surface area contributed by atoms with Crippen LogP contribution in [0.3, 0.4) is 0 Å². The summed E-state index contributed by atoms with van der Waals surface area (Å²) in [5.41, 5.74) is 0. The molecule has 0 spiro atoms. The molecule has 0 saturated carbocycles. The van der Waals surface area contributed by atoms with Gasteiger partial charge in [0, 0.05) is 25.7 Å². The van der Waals surface area contributed by atoms with Crippen LogP contribution in [0.2, 0.25) is 0 Å². The molecule has 0 aromatic rings. The zero-order valence-electron chi connectivity index (χ0n) is 52.1. The van der Waals surface area contributed by atoms with Crippen LogP contribution in [-0.4, -0.2) is 96.0 Å². The van der Waals surface area contributed by atoms with Gasteiger partial charge < -0.3 is 43.3 Å². The lowest BCUT2D eigenvalue weighted by Gasteiger charge is -2.27. The molecular weight excluding hydrogens is 1040 g/mol. The summed E-state index contributed by atoms with van der Waals surface area (Å²) in [7, 11) is -5.16. The van der Waals surface area contributed by atoms with Gasteiger partial charge in [0.05, 0.1) is 19.8 Å². The molecule has 80 heavy (non-hydrogen) atoms. The van der Waals surface area contributed by atoms with Crippen molar-refractivity contribution >= 4 is 31.5 Å². The van der Waals surface area contributed by atoms with Gasteiger partial charge in [-0.05, 0) is 25.7 Å². The molecule has 0 aliphatic heterocycles.